The number of nitrogens with zero attached hydrogens (tertiary/aromatic N) is 1. The van der Waals surface area contributed by atoms with Gasteiger partial charge in [-0.25, -0.2) is 0 Å². The highest BCUT2D eigenvalue weighted by Gasteiger charge is 2.14. The minimum atomic E-state index is 0.262. The van der Waals surface area contributed by atoms with E-state index in [1.54, 1.807) is 12.1 Å². The second kappa shape index (κ2) is 11.9. The SMILES string of the molecule is CCOc1cc(CNc2ccc(N3CCCCC3)c(Cl)c2)ccc1OCc1c(Cl)cccc1Cl. The van der Waals surface area contributed by atoms with Crippen LogP contribution in [0.4, 0.5) is 11.4 Å². The van der Waals surface area contributed by atoms with Gasteiger partial charge in [0.1, 0.15) is 6.61 Å². The summed E-state index contributed by atoms with van der Waals surface area (Å²) in [7, 11) is 0. The average Bonchev–Trinajstić information content (AvgIpc) is 2.84. The maximum atomic E-state index is 6.60. The number of halogens is 3. The number of benzene rings is 3. The van der Waals surface area contributed by atoms with Crippen LogP contribution >= 0.6 is 34.8 Å². The van der Waals surface area contributed by atoms with E-state index >= 15 is 0 Å². The Hall–Kier alpha value is -2.27. The lowest BCUT2D eigenvalue weighted by atomic mass is 10.1. The molecule has 7 heteroatoms. The number of ether oxygens (including phenoxy) is 2. The first kappa shape index (κ1) is 24.8. The van der Waals surface area contributed by atoms with E-state index in [4.69, 9.17) is 44.3 Å². The quantitative estimate of drug-likeness (QED) is 0.309. The molecule has 0 bridgehead atoms. The Balaban J connectivity index is 1.41. The minimum absolute atomic E-state index is 0.262. The number of hydrogen-bond donors (Lipinski definition) is 1. The van der Waals surface area contributed by atoms with Crippen molar-refractivity contribution in [2.75, 3.05) is 29.9 Å². The molecule has 0 unspecified atom stereocenters. The number of anilines is 2. The molecule has 4 rings (SSSR count). The van der Waals surface area contributed by atoms with E-state index in [1.165, 1.54) is 19.3 Å². The van der Waals surface area contributed by atoms with Crippen molar-refractivity contribution in [1.82, 2.24) is 0 Å². The summed E-state index contributed by atoms with van der Waals surface area (Å²) >= 11 is 19.1. The summed E-state index contributed by atoms with van der Waals surface area (Å²) < 4.78 is 11.8. The van der Waals surface area contributed by atoms with Crippen molar-refractivity contribution in [2.24, 2.45) is 0 Å². The van der Waals surface area contributed by atoms with E-state index in [1.807, 2.05) is 37.3 Å². The molecule has 0 atom stereocenters. The van der Waals surface area contributed by atoms with E-state index in [9.17, 15) is 0 Å². The third kappa shape index (κ3) is 6.24. The normalized spacial score (nSPS) is 13.6. The standard InChI is InChI=1S/C27H29Cl3N2O2/c1-2-33-27-15-19(9-12-26(27)34-18-21-22(28)7-6-8-23(21)29)17-31-20-10-11-25(24(30)16-20)32-13-4-3-5-14-32/h6-12,15-16,31H,2-5,13-14,17-18H2,1H3. The molecular formula is C27H29Cl3N2O2. The van der Waals surface area contributed by atoms with Crippen LogP contribution in [0.5, 0.6) is 11.5 Å². The Morgan fingerprint density at radius 3 is 2.29 bits per heavy atom. The van der Waals surface area contributed by atoms with Gasteiger partial charge < -0.3 is 19.7 Å². The zero-order valence-corrected chi connectivity index (χ0v) is 21.5. The second-order valence-electron chi connectivity index (χ2n) is 8.27. The largest absolute Gasteiger partial charge is 0.490 e. The highest BCUT2D eigenvalue weighted by atomic mass is 35.5. The van der Waals surface area contributed by atoms with Gasteiger partial charge >= 0.3 is 0 Å². The number of hydrogen-bond acceptors (Lipinski definition) is 4. The first-order chi connectivity index (χ1) is 16.5. The van der Waals surface area contributed by atoms with Crippen LogP contribution in [0.25, 0.3) is 0 Å². The van der Waals surface area contributed by atoms with Crippen LogP contribution in [0, 0.1) is 0 Å². The van der Waals surface area contributed by atoms with Gasteiger partial charge in [-0.3, -0.25) is 0 Å². The van der Waals surface area contributed by atoms with Crippen molar-refractivity contribution in [3.8, 4) is 11.5 Å². The van der Waals surface area contributed by atoms with E-state index in [0.717, 1.165) is 40.6 Å². The lowest BCUT2D eigenvalue weighted by molar-refractivity contribution is 0.269. The highest BCUT2D eigenvalue weighted by Crippen LogP contribution is 2.33. The molecule has 1 heterocycles. The van der Waals surface area contributed by atoms with Crippen LogP contribution in [0.2, 0.25) is 15.1 Å². The van der Waals surface area contributed by atoms with Crippen molar-refractivity contribution < 1.29 is 9.47 Å². The van der Waals surface area contributed by atoms with Crippen LogP contribution in [0.15, 0.2) is 54.6 Å². The summed E-state index contributed by atoms with van der Waals surface area (Å²) in [5, 5.41) is 5.40. The van der Waals surface area contributed by atoms with Gasteiger partial charge in [0.15, 0.2) is 11.5 Å². The van der Waals surface area contributed by atoms with Crippen molar-refractivity contribution in [3.05, 3.63) is 80.8 Å². The van der Waals surface area contributed by atoms with Gasteiger partial charge in [-0.2, -0.15) is 0 Å². The third-order valence-electron chi connectivity index (χ3n) is 5.88. The molecular weight excluding hydrogens is 491 g/mol. The summed E-state index contributed by atoms with van der Waals surface area (Å²) in [6, 6.07) is 17.5. The monoisotopic (exact) mass is 518 g/mol. The Kier molecular flexibility index (Phi) is 8.71. The Labute approximate surface area is 216 Å². The first-order valence-electron chi connectivity index (χ1n) is 11.6. The molecule has 3 aromatic carbocycles. The van der Waals surface area contributed by atoms with Crippen LogP contribution in [0.1, 0.15) is 37.3 Å². The molecule has 1 fully saturated rings. The number of piperidine rings is 1. The molecule has 1 aliphatic heterocycles. The van der Waals surface area contributed by atoms with Crippen LogP contribution < -0.4 is 19.7 Å². The van der Waals surface area contributed by atoms with E-state index in [-0.39, 0.29) is 6.61 Å². The predicted octanol–water partition coefficient (Wildman–Crippen LogP) is 8.23. The maximum absolute atomic E-state index is 6.60. The van der Waals surface area contributed by atoms with Gasteiger partial charge in [0.25, 0.3) is 0 Å². The Bertz CT molecular complexity index is 1100. The number of nitrogens with one attached hydrogen (secondary N) is 1. The summed E-state index contributed by atoms with van der Waals surface area (Å²) in [4.78, 5) is 2.37. The fraction of sp³-hybridized carbons (Fsp3) is 0.333. The van der Waals surface area contributed by atoms with Crippen molar-refractivity contribution in [1.29, 1.82) is 0 Å². The van der Waals surface area contributed by atoms with Gasteiger partial charge in [-0.15, -0.1) is 0 Å². The predicted molar refractivity (Wildman–Crippen MR) is 143 cm³/mol. The molecule has 0 aromatic heterocycles. The lowest BCUT2D eigenvalue weighted by Gasteiger charge is -2.29. The Morgan fingerprint density at radius 2 is 1.59 bits per heavy atom. The van der Waals surface area contributed by atoms with Crippen LogP contribution in [0.3, 0.4) is 0 Å². The zero-order chi connectivity index (χ0) is 23.9. The topological polar surface area (TPSA) is 33.7 Å². The van der Waals surface area contributed by atoms with Crippen LogP contribution in [-0.2, 0) is 13.2 Å². The van der Waals surface area contributed by atoms with E-state index < -0.39 is 0 Å². The molecule has 1 N–H and O–H groups in total. The van der Waals surface area contributed by atoms with Gasteiger partial charge in [0.05, 0.1) is 17.3 Å². The summed E-state index contributed by atoms with van der Waals surface area (Å²) in [5.74, 6) is 1.33. The first-order valence-corrected chi connectivity index (χ1v) is 12.8. The van der Waals surface area contributed by atoms with E-state index in [2.05, 4.69) is 22.3 Å². The summed E-state index contributed by atoms with van der Waals surface area (Å²) in [6.07, 6.45) is 3.75. The fourth-order valence-electron chi connectivity index (χ4n) is 4.08. The minimum Gasteiger partial charge on any atom is -0.490 e. The molecule has 3 aromatic rings. The molecule has 4 nitrogen and oxygen atoms in total. The summed E-state index contributed by atoms with van der Waals surface area (Å²) in [6.45, 7) is 5.53. The van der Waals surface area contributed by atoms with Crippen molar-refractivity contribution in [3.63, 3.8) is 0 Å². The average molecular weight is 520 g/mol. The summed E-state index contributed by atoms with van der Waals surface area (Å²) in [5.41, 5.74) is 3.93. The van der Waals surface area contributed by atoms with Crippen LogP contribution in [-0.4, -0.2) is 19.7 Å². The maximum Gasteiger partial charge on any atom is 0.161 e. The molecule has 1 aliphatic rings. The van der Waals surface area contributed by atoms with E-state index in [0.29, 0.717) is 34.7 Å². The molecule has 0 radical (unpaired) electrons. The Morgan fingerprint density at radius 1 is 0.824 bits per heavy atom. The van der Waals surface area contributed by atoms with Crippen molar-refractivity contribution >= 4 is 46.2 Å². The van der Waals surface area contributed by atoms with Gasteiger partial charge in [-0.05, 0) is 74.2 Å². The second-order valence-corrected chi connectivity index (χ2v) is 9.49. The highest BCUT2D eigenvalue weighted by molar-refractivity contribution is 6.36. The molecule has 0 saturated carbocycles. The number of rotatable bonds is 9. The molecule has 34 heavy (non-hydrogen) atoms. The zero-order valence-electron chi connectivity index (χ0n) is 19.3. The molecule has 1 saturated heterocycles. The van der Waals surface area contributed by atoms with Gasteiger partial charge in [-0.1, -0.05) is 46.9 Å². The van der Waals surface area contributed by atoms with Gasteiger partial charge in [0, 0.05) is 40.9 Å². The molecule has 0 aliphatic carbocycles. The molecule has 180 valence electrons. The van der Waals surface area contributed by atoms with Crippen molar-refractivity contribution in [2.45, 2.75) is 39.3 Å². The molecule has 0 spiro atoms. The molecule has 0 amide bonds. The fourth-order valence-corrected chi connectivity index (χ4v) is 4.89. The van der Waals surface area contributed by atoms with Gasteiger partial charge in [0.2, 0.25) is 0 Å². The smallest absolute Gasteiger partial charge is 0.161 e. The third-order valence-corrected chi connectivity index (χ3v) is 6.89. The lowest BCUT2D eigenvalue weighted by Crippen LogP contribution is -2.29.